The lowest BCUT2D eigenvalue weighted by Crippen LogP contribution is -2.54. The van der Waals surface area contributed by atoms with Crippen LogP contribution in [0.2, 0.25) is 0 Å². The van der Waals surface area contributed by atoms with Crippen molar-refractivity contribution in [1.82, 2.24) is 5.32 Å². The maximum Gasteiger partial charge on any atom is 0.223 e. The van der Waals surface area contributed by atoms with E-state index in [2.05, 4.69) is 35.6 Å². The van der Waals surface area contributed by atoms with Crippen LogP contribution in [0.5, 0.6) is 0 Å². The molecule has 2 aromatic rings. The van der Waals surface area contributed by atoms with E-state index in [9.17, 15) is 9.59 Å². The Balaban J connectivity index is 1.42. The summed E-state index contributed by atoms with van der Waals surface area (Å²) in [7, 11) is 0. The molecule has 4 rings (SSSR count). The topological polar surface area (TPSA) is 49.4 Å². The number of rotatable bonds is 8. The van der Waals surface area contributed by atoms with Crippen LogP contribution in [0.15, 0.2) is 60.7 Å². The number of unbranched alkanes of at least 4 members (excludes halogenated alkanes) is 1. The van der Waals surface area contributed by atoms with Crippen molar-refractivity contribution in [3.8, 4) is 0 Å². The average molecular weight is 405 g/mol. The molecule has 4 atom stereocenters. The molecule has 0 aromatic heterocycles. The van der Waals surface area contributed by atoms with Crippen LogP contribution in [0.25, 0.3) is 0 Å². The lowest BCUT2D eigenvalue weighted by atomic mass is 9.65. The molecule has 1 aliphatic heterocycles. The third-order valence-corrected chi connectivity index (χ3v) is 6.94. The molecular weight excluding hydrogens is 372 g/mol. The summed E-state index contributed by atoms with van der Waals surface area (Å²) in [5.74, 6) is 1.09. The highest BCUT2D eigenvalue weighted by atomic mass is 16.2. The van der Waals surface area contributed by atoms with Crippen molar-refractivity contribution < 1.29 is 9.59 Å². The van der Waals surface area contributed by atoms with Crippen LogP contribution in [0, 0.1) is 11.8 Å². The fourth-order valence-corrected chi connectivity index (χ4v) is 5.49. The first kappa shape index (κ1) is 20.6. The molecular formula is C26H32N2O2. The molecule has 1 N–H and O–H groups in total. The molecule has 4 nitrogen and oxygen atoms in total. The van der Waals surface area contributed by atoms with E-state index in [-0.39, 0.29) is 11.8 Å². The minimum absolute atomic E-state index is 0.0214. The summed E-state index contributed by atoms with van der Waals surface area (Å²) < 4.78 is 0. The Morgan fingerprint density at radius 2 is 1.63 bits per heavy atom. The molecule has 1 heterocycles. The minimum Gasteiger partial charge on any atom is -0.353 e. The van der Waals surface area contributed by atoms with Crippen molar-refractivity contribution in [3.63, 3.8) is 0 Å². The normalized spacial score (nSPS) is 25.8. The summed E-state index contributed by atoms with van der Waals surface area (Å²) in [4.78, 5) is 26.3. The minimum atomic E-state index is 0.0214. The average Bonchev–Trinajstić information content (AvgIpc) is 2.80. The van der Waals surface area contributed by atoms with Gasteiger partial charge in [0.05, 0.1) is 0 Å². The molecule has 0 bridgehead atoms. The van der Waals surface area contributed by atoms with Crippen molar-refractivity contribution in [2.24, 2.45) is 11.8 Å². The van der Waals surface area contributed by atoms with Gasteiger partial charge in [0.25, 0.3) is 0 Å². The van der Waals surface area contributed by atoms with Crippen LogP contribution >= 0.6 is 0 Å². The Hall–Kier alpha value is -2.62. The molecule has 1 saturated carbocycles. The highest BCUT2D eigenvalue weighted by Crippen LogP contribution is 2.45. The van der Waals surface area contributed by atoms with Gasteiger partial charge in [-0.1, -0.05) is 67.8 Å². The maximum absolute atomic E-state index is 13.1. The smallest absolute Gasteiger partial charge is 0.223 e. The number of piperidine rings is 1. The number of amides is 2. The second-order valence-electron chi connectivity index (χ2n) is 8.74. The van der Waals surface area contributed by atoms with E-state index >= 15 is 0 Å². The largest absolute Gasteiger partial charge is 0.353 e. The highest BCUT2D eigenvalue weighted by molar-refractivity contribution is 5.81. The molecule has 0 radical (unpaired) electrons. The van der Waals surface area contributed by atoms with Crippen LogP contribution in [0.1, 0.15) is 56.4 Å². The summed E-state index contributed by atoms with van der Waals surface area (Å²) in [5.41, 5.74) is 2.24. The molecule has 1 aliphatic carbocycles. The predicted octanol–water partition coefficient (Wildman–Crippen LogP) is 4.91. The van der Waals surface area contributed by atoms with E-state index in [4.69, 9.17) is 0 Å². The zero-order valence-electron chi connectivity index (χ0n) is 17.6. The lowest BCUT2D eigenvalue weighted by Gasteiger charge is -2.46. The Kier molecular flexibility index (Phi) is 6.83. The first-order chi connectivity index (χ1) is 14.8. The monoisotopic (exact) mass is 404 g/mol. The molecule has 2 amide bonds. The summed E-state index contributed by atoms with van der Waals surface area (Å²) in [6.07, 6.45) is 8.40. The van der Waals surface area contributed by atoms with E-state index in [0.29, 0.717) is 24.4 Å². The summed E-state index contributed by atoms with van der Waals surface area (Å²) in [5, 5.41) is 3.35. The molecule has 1 saturated heterocycles. The van der Waals surface area contributed by atoms with Crippen LogP contribution in [0.4, 0.5) is 5.69 Å². The molecule has 158 valence electrons. The standard InChI is InChI=1S/C26H32N2O2/c29-19-28(21-13-5-2-6-14-21)18-10-9-16-23-25(20-11-3-1-4-12-20)22-15-7-8-17-24(22)27-26(23)30/h1-6,11-14,19,22-25H,7-10,15-18H2,(H,27,30)/t22-,23+,24-,25-/m1/s1. The Bertz CT molecular complexity index is 823. The third-order valence-electron chi connectivity index (χ3n) is 6.94. The number of nitrogens with one attached hydrogen (secondary N) is 1. The number of hydrogen-bond acceptors (Lipinski definition) is 2. The number of anilines is 1. The number of nitrogens with zero attached hydrogens (tertiary/aromatic N) is 1. The Labute approximate surface area is 179 Å². The molecule has 2 aromatic carbocycles. The quantitative estimate of drug-likeness (QED) is 0.502. The van der Waals surface area contributed by atoms with E-state index in [1.165, 1.54) is 24.8 Å². The molecule has 30 heavy (non-hydrogen) atoms. The maximum atomic E-state index is 13.1. The fourth-order valence-electron chi connectivity index (χ4n) is 5.49. The fraction of sp³-hybridized carbons (Fsp3) is 0.462. The van der Waals surface area contributed by atoms with Crippen molar-refractivity contribution in [3.05, 3.63) is 66.2 Å². The summed E-state index contributed by atoms with van der Waals surface area (Å²) in [6, 6.07) is 20.7. The zero-order chi connectivity index (χ0) is 20.8. The van der Waals surface area contributed by atoms with Crippen molar-refractivity contribution >= 4 is 18.0 Å². The summed E-state index contributed by atoms with van der Waals surface area (Å²) in [6.45, 7) is 0.684. The highest BCUT2D eigenvalue weighted by Gasteiger charge is 2.44. The lowest BCUT2D eigenvalue weighted by molar-refractivity contribution is -0.131. The molecule has 4 heteroatoms. The molecule has 0 unspecified atom stereocenters. The number of carbonyl (C=O) groups excluding carboxylic acids is 2. The van der Waals surface area contributed by atoms with Crippen LogP contribution in [0.3, 0.4) is 0 Å². The van der Waals surface area contributed by atoms with E-state index in [0.717, 1.165) is 37.8 Å². The van der Waals surface area contributed by atoms with Crippen molar-refractivity contribution in [2.45, 2.75) is 56.9 Å². The zero-order valence-corrected chi connectivity index (χ0v) is 17.6. The number of hydrogen-bond donors (Lipinski definition) is 1. The Morgan fingerprint density at radius 1 is 0.933 bits per heavy atom. The summed E-state index contributed by atoms with van der Waals surface area (Å²) >= 11 is 0. The van der Waals surface area contributed by atoms with Gasteiger partial charge in [-0.25, -0.2) is 0 Å². The van der Waals surface area contributed by atoms with Crippen molar-refractivity contribution in [1.29, 1.82) is 0 Å². The Morgan fingerprint density at radius 3 is 2.37 bits per heavy atom. The number of fused-ring (bicyclic) bond motifs is 1. The first-order valence-corrected chi connectivity index (χ1v) is 11.4. The molecule has 0 spiro atoms. The van der Waals surface area contributed by atoms with Gasteiger partial charge in [-0.05, 0) is 49.3 Å². The SMILES string of the molecule is O=CN(CCCC[C@@H]1C(=O)N[C@@H]2CCCC[C@H]2[C@H]1c1ccccc1)c1ccccc1. The van der Waals surface area contributed by atoms with Gasteiger partial charge < -0.3 is 10.2 Å². The van der Waals surface area contributed by atoms with Crippen LogP contribution in [-0.2, 0) is 9.59 Å². The molecule has 2 aliphatic rings. The van der Waals surface area contributed by atoms with Gasteiger partial charge in [-0.2, -0.15) is 0 Å². The van der Waals surface area contributed by atoms with E-state index in [1.54, 1.807) is 4.90 Å². The van der Waals surface area contributed by atoms with Gasteiger partial charge >= 0.3 is 0 Å². The third kappa shape index (κ3) is 4.58. The van der Waals surface area contributed by atoms with Gasteiger partial charge in [0.2, 0.25) is 12.3 Å². The predicted molar refractivity (Wildman–Crippen MR) is 120 cm³/mol. The van der Waals surface area contributed by atoms with Crippen LogP contribution < -0.4 is 10.2 Å². The van der Waals surface area contributed by atoms with Gasteiger partial charge in [0.15, 0.2) is 0 Å². The van der Waals surface area contributed by atoms with E-state index in [1.807, 2.05) is 30.3 Å². The second-order valence-corrected chi connectivity index (χ2v) is 8.74. The van der Waals surface area contributed by atoms with Gasteiger partial charge in [0.1, 0.15) is 0 Å². The van der Waals surface area contributed by atoms with Gasteiger partial charge in [0, 0.05) is 30.1 Å². The number of para-hydroxylation sites is 1. The van der Waals surface area contributed by atoms with Gasteiger partial charge in [-0.3, -0.25) is 9.59 Å². The van der Waals surface area contributed by atoms with E-state index < -0.39 is 0 Å². The van der Waals surface area contributed by atoms with Gasteiger partial charge in [-0.15, -0.1) is 0 Å². The van der Waals surface area contributed by atoms with Crippen molar-refractivity contribution in [2.75, 3.05) is 11.4 Å². The molecule has 2 fully saturated rings. The second kappa shape index (κ2) is 9.92. The number of carbonyl (C=O) groups is 2. The number of benzene rings is 2. The van der Waals surface area contributed by atoms with Crippen LogP contribution in [-0.4, -0.2) is 24.9 Å². The first-order valence-electron chi connectivity index (χ1n) is 11.4.